The third kappa shape index (κ3) is 4.81. The quantitative estimate of drug-likeness (QED) is 0.183. The Bertz CT molecular complexity index is 2700. The summed E-state index contributed by atoms with van der Waals surface area (Å²) in [6.45, 7) is 4.74. The lowest BCUT2D eigenvalue weighted by atomic mass is 9.80. The second kappa shape index (κ2) is 11.8. The van der Waals surface area contributed by atoms with Crippen molar-refractivity contribution in [3.05, 3.63) is 188 Å². The summed E-state index contributed by atoms with van der Waals surface area (Å²) in [5.74, 6) is 0. The minimum Gasteiger partial charge on any atom is -0.309 e. The van der Waals surface area contributed by atoms with Gasteiger partial charge in [-0.15, -0.1) is 0 Å². The highest BCUT2D eigenvalue weighted by Gasteiger charge is 2.36. The molecule has 6 aromatic carbocycles. The Kier molecular flexibility index (Phi) is 6.84. The van der Waals surface area contributed by atoms with Crippen LogP contribution in [0.3, 0.4) is 0 Å². The van der Waals surface area contributed by atoms with Gasteiger partial charge in [-0.25, -0.2) is 0 Å². The molecule has 1 aliphatic carbocycles. The molecule has 0 fully saturated rings. The maximum Gasteiger partial charge on any atom is 0.0541 e. The first-order chi connectivity index (χ1) is 25.5. The molecular weight excluding hydrogens is 631 g/mol. The Morgan fingerprint density at radius 3 is 1.42 bits per heavy atom. The Hall–Kier alpha value is -6.58. The highest BCUT2D eigenvalue weighted by Crippen LogP contribution is 2.51. The Balaban J connectivity index is 1.05. The summed E-state index contributed by atoms with van der Waals surface area (Å²) in [5, 5.41) is 2.55. The summed E-state index contributed by atoms with van der Waals surface area (Å²) in [6, 6.07) is 55.5. The molecule has 0 bridgehead atoms. The summed E-state index contributed by atoms with van der Waals surface area (Å²) in [4.78, 5) is 8.82. The van der Waals surface area contributed by atoms with Crippen molar-refractivity contribution in [1.29, 1.82) is 0 Å². The van der Waals surface area contributed by atoms with Gasteiger partial charge in [0.15, 0.2) is 0 Å². The van der Waals surface area contributed by atoms with Gasteiger partial charge in [-0.05, 0) is 122 Å². The lowest BCUT2D eigenvalue weighted by molar-refractivity contribution is 0.661. The van der Waals surface area contributed by atoms with E-state index in [-0.39, 0.29) is 5.41 Å². The summed E-state index contributed by atoms with van der Waals surface area (Å²) in [6.07, 6.45) is 7.52. The number of para-hydroxylation sites is 2. The van der Waals surface area contributed by atoms with E-state index in [2.05, 4.69) is 168 Å². The maximum absolute atomic E-state index is 4.41. The Morgan fingerprint density at radius 1 is 0.404 bits per heavy atom. The number of pyridine rings is 2. The number of benzene rings is 6. The highest BCUT2D eigenvalue weighted by molar-refractivity contribution is 6.09. The first kappa shape index (κ1) is 30.3. The van der Waals surface area contributed by atoms with E-state index in [9.17, 15) is 0 Å². The lowest BCUT2D eigenvalue weighted by Crippen LogP contribution is -2.15. The Morgan fingerprint density at radius 2 is 0.885 bits per heavy atom. The predicted octanol–water partition coefficient (Wildman–Crippen LogP) is 12.5. The fourth-order valence-electron chi connectivity index (χ4n) is 8.32. The van der Waals surface area contributed by atoms with E-state index in [1.165, 1.54) is 72.0 Å². The van der Waals surface area contributed by atoms with E-state index in [4.69, 9.17) is 0 Å². The Labute approximate surface area is 303 Å². The molecule has 9 aromatic rings. The molecule has 0 N–H and O–H groups in total. The molecule has 0 aliphatic heterocycles. The summed E-state index contributed by atoms with van der Waals surface area (Å²) in [5.41, 5.74) is 18.1. The van der Waals surface area contributed by atoms with Crippen molar-refractivity contribution in [3.63, 3.8) is 0 Å². The lowest BCUT2D eigenvalue weighted by Gasteiger charge is -2.23. The fraction of sp³-hybridized carbons (Fsp3) is 0.0612. The van der Waals surface area contributed by atoms with Gasteiger partial charge in [-0.3, -0.25) is 9.97 Å². The third-order valence-electron chi connectivity index (χ3n) is 10.9. The molecule has 3 heteroatoms. The van der Waals surface area contributed by atoms with Crippen molar-refractivity contribution < 1.29 is 0 Å². The number of aromatic nitrogens is 3. The van der Waals surface area contributed by atoms with Crippen molar-refractivity contribution in [2.75, 3.05) is 0 Å². The second-order valence-electron chi connectivity index (χ2n) is 14.3. The first-order valence-electron chi connectivity index (χ1n) is 17.9. The largest absolute Gasteiger partial charge is 0.309 e. The van der Waals surface area contributed by atoms with Gasteiger partial charge in [0.2, 0.25) is 0 Å². The van der Waals surface area contributed by atoms with Crippen LogP contribution in [0.15, 0.2) is 176 Å². The molecular formula is C49H35N3. The first-order valence-corrected chi connectivity index (χ1v) is 17.9. The molecule has 0 unspecified atom stereocenters. The van der Waals surface area contributed by atoms with Crippen LogP contribution in [0.4, 0.5) is 0 Å². The van der Waals surface area contributed by atoms with Crippen LogP contribution in [0.25, 0.3) is 83.1 Å². The van der Waals surface area contributed by atoms with Crippen molar-refractivity contribution >= 4 is 21.8 Å². The van der Waals surface area contributed by atoms with Crippen LogP contribution in [0.2, 0.25) is 0 Å². The van der Waals surface area contributed by atoms with Crippen LogP contribution in [0.1, 0.15) is 25.0 Å². The number of rotatable bonds is 5. The average molecular weight is 666 g/mol. The smallest absolute Gasteiger partial charge is 0.0541 e. The zero-order valence-corrected chi connectivity index (χ0v) is 29.1. The van der Waals surface area contributed by atoms with Crippen molar-refractivity contribution in [1.82, 2.24) is 14.5 Å². The van der Waals surface area contributed by atoms with Gasteiger partial charge in [0.05, 0.1) is 11.0 Å². The number of nitrogens with zero attached hydrogens (tertiary/aromatic N) is 3. The van der Waals surface area contributed by atoms with Gasteiger partial charge in [-0.1, -0.05) is 98.8 Å². The minimum atomic E-state index is -0.172. The van der Waals surface area contributed by atoms with E-state index in [0.29, 0.717) is 0 Å². The van der Waals surface area contributed by atoms with Gasteiger partial charge >= 0.3 is 0 Å². The molecule has 0 spiro atoms. The third-order valence-corrected chi connectivity index (χ3v) is 10.9. The van der Waals surface area contributed by atoms with E-state index < -0.39 is 0 Å². The molecule has 0 saturated heterocycles. The van der Waals surface area contributed by atoms with Crippen molar-refractivity contribution in [2.24, 2.45) is 0 Å². The molecule has 1 aliphatic rings. The molecule has 52 heavy (non-hydrogen) atoms. The molecule has 246 valence electrons. The van der Waals surface area contributed by atoms with Crippen LogP contribution >= 0.6 is 0 Å². The standard InChI is InChI=1S/C49H35N3/c1-49(2)45-28-33(32-10-7-13-40(27-32)52-47-16-5-3-14-43(47)44-15-4-6-17-48(44)52)18-20-41(45)42-21-19-34(29-46(42)49)37-24-38(35-11-8-22-50-30-35)26-39(25-37)36-12-9-23-51-31-36/h3-31H,1-2H3. The van der Waals surface area contributed by atoms with Gasteiger partial charge < -0.3 is 4.57 Å². The molecule has 0 radical (unpaired) electrons. The van der Waals surface area contributed by atoms with Gasteiger partial charge in [-0.2, -0.15) is 0 Å². The predicted molar refractivity (Wildman–Crippen MR) is 216 cm³/mol. The van der Waals surface area contributed by atoms with Crippen LogP contribution in [-0.2, 0) is 5.41 Å². The molecule has 3 heterocycles. The van der Waals surface area contributed by atoms with Crippen LogP contribution in [0, 0.1) is 0 Å². The number of hydrogen-bond donors (Lipinski definition) is 0. The van der Waals surface area contributed by atoms with Crippen molar-refractivity contribution in [3.8, 4) is 61.3 Å². The molecule has 10 rings (SSSR count). The summed E-state index contributed by atoms with van der Waals surface area (Å²) in [7, 11) is 0. The van der Waals surface area contributed by atoms with Crippen LogP contribution in [0.5, 0.6) is 0 Å². The molecule has 0 amide bonds. The maximum atomic E-state index is 4.41. The zero-order valence-electron chi connectivity index (χ0n) is 29.1. The molecule has 0 saturated carbocycles. The van der Waals surface area contributed by atoms with Crippen LogP contribution < -0.4 is 0 Å². The van der Waals surface area contributed by atoms with Gasteiger partial charge in [0.1, 0.15) is 0 Å². The second-order valence-corrected chi connectivity index (χ2v) is 14.3. The zero-order chi connectivity index (χ0) is 34.8. The minimum absolute atomic E-state index is 0.172. The molecule has 3 aromatic heterocycles. The van der Waals surface area contributed by atoms with E-state index in [1.54, 1.807) is 0 Å². The monoisotopic (exact) mass is 665 g/mol. The SMILES string of the molecule is CC1(C)c2cc(-c3cc(-c4cccnc4)cc(-c4cccnc4)c3)ccc2-c2ccc(-c3cccc(-n4c5ccccc5c5ccccc54)c3)cc21. The summed E-state index contributed by atoms with van der Waals surface area (Å²) < 4.78 is 2.39. The van der Waals surface area contributed by atoms with Crippen molar-refractivity contribution in [2.45, 2.75) is 19.3 Å². The molecule has 0 atom stereocenters. The topological polar surface area (TPSA) is 30.7 Å². The van der Waals surface area contributed by atoms with E-state index in [0.717, 1.165) is 22.3 Å². The normalized spacial score (nSPS) is 13.0. The highest BCUT2D eigenvalue weighted by atomic mass is 15.0. The van der Waals surface area contributed by atoms with Gasteiger partial charge in [0.25, 0.3) is 0 Å². The fourth-order valence-corrected chi connectivity index (χ4v) is 8.32. The van der Waals surface area contributed by atoms with E-state index in [1.807, 2.05) is 36.9 Å². The summed E-state index contributed by atoms with van der Waals surface area (Å²) >= 11 is 0. The average Bonchev–Trinajstić information content (AvgIpc) is 3.66. The van der Waals surface area contributed by atoms with E-state index >= 15 is 0 Å². The van der Waals surface area contributed by atoms with Gasteiger partial charge in [0, 0.05) is 57.8 Å². The number of hydrogen-bond acceptors (Lipinski definition) is 2. The number of fused-ring (bicyclic) bond motifs is 6. The van der Waals surface area contributed by atoms with Crippen LogP contribution in [-0.4, -0.2) is 14.5 Å². The molecule has 3 nitrogen and oxygen atoms in total.